The maximum absolute atomic E-state index is 11.5. The van der Waals surface area contributed by atoms with Gasteiger partial charge in [0.2, 0.25) is 0 Å². The molecule has 0 saturated carbocycles. The number of rotatable bonds is 4. The number of nitrogens with two attached hydrogens (primary N) is 2. The van der Waals surface area contributed by atoms with Gasteiger partial charge in [-0.2, -0.15) is 0 Å². The molecule has 0 radical (unpaired) electrons. The van der Waals surface area contributed by atoms with Crippen LogP contribution in [-0.4, -0.2) is 35.2 Å². The quantitative estimate of drug-likeness (QED) is 0.791. The number of carbonyl (C=O) groups is 1. The molecule has 1 amide bonds. The molecule has 0 bridgehead atoms. The van der Waals surface area contributed by atoms with Crippen LogP contribution in [-0.2, 0) is 6.42 Å². The van der Waals surface area contributed by atoms with Gasteiger partial charge in [-0.3, -0.25) is 4.79 Å². The minimum atomic E-state index is -0.513. The number of hydrogen-bond acceptors (Lipinski definition) is 6. The molecule has 5 N–H and O–H groups in total. The second kappa shape index (κ2) is 5.73. The van der Waals surface area contributed by atoms with Crippen molar-refractivity contribution in [2.45, 2.75) is 32.3 Å². The fourth-order valence-corrected chi connectivity index (χ4v) is 3.93. The lowest BCUT2D eigenvalue weighted by molar-refractivity contribution is 0.100. The van der Waals surface area contributed by atoms with E-state index in [2.05, 4.69) is 16.8 Å². The van der Waals surface area contributed by atoms with Crippen LogP contribution in [0.25, 0.3) is 10.2 Å². The first-order valence-corrected chi connectivity index (χ1v) is 8.27. The third-order valence-corrected chi connectivity index (χ3v) is 5.11. The van der Waals surface area contributed by atoms with E-state index in [1.807, 2.05) is 6.07 Å². The maximum atomic E-state index is 11.5. The molecule has 0 spiro atoms. The average molecular weight is 320 g/mol. The lowest BCUT2D eigenvalue weighted by Gasteiger charge is -2.18. The van der Waals surface area contributed by atoms with Gasteiger partial charge < -0.3 is 21.5 Å². The van der Waals surface area contributed by atoms with Crippen molar-refractivity contribution in [2.24, 2.45) is 5.73 Å². The highest BCUT2D eigenvalue weighted by atomic mass is 32.1. The predicted octanol–water partition coefficient (Wildman–Crippen LogP) is 1.50. The van der Waals surface area contributed by atoms with Crippen LogP contribution < -0.4 is 16.4 Å². The van der Waals surface area contributed by atoms with Crippen molar-refractivity contribution in [3.8, 4) is 0 Å². The molecule has 3 rings (SSSR count). The number of amides is 1. The first kappa shape index (κ1) is 15.1. The smallest absolute Gasteiger partial charge is 0.260 e. The molecule has 0 aromatic carbocycles. The molecule has 22 heavy (non-hydrogen) atoms. The Labute approximate surface area is 132 Å². The molecule has 1 saturated heterocycles. The molecule has 2 aromatic heterocycles. The Bertz CT molecular complexity index is 728. The summed E-state index contributed by atoms with van der Waals surface area (Å²) in [7, 11) is 0. The number of β-amino-alcohol motifs (C(OH)–C–C–N with tert-alkyl or cyclic N) is 1. The van der Waals surface area contributed by atoms with E-state index in [0.29, 0.717) is 17.1 Å². The fourth-order valence-electron chi connectivity index (χ4n) is 2.95. The molecule has 7 heteroatoms. The number of hydrogen-bond donors (Lipinski definition) is 3. The van der Waals surface area contributed by atoms with E-state index in [9.17, 15) is 9.90 Å². The SMILES string of the molecule is CCCc1cc(N2CC[C@@H](O)C2)nc2sc(C(N)=O)c(N)c12. The summed E-state index contributed by atoms with van der Waals surface area (Å²) in [5.74, 6) is 0.325. The van der Waals surface area contributed by atoms with Crippen molar-refractivity contribution in [3.05, 3.63) is 16.5 Å². The monoisotopic (exact) mass is 320 g/mol. The van der Waals surface area contributed by atoms with Gasteiger partial charge in [0.25, 0.3) is 5.91 Å². The van der Waals surface area contributed by atoms with Gasteiger partial charge in [0.05, 0.1) is 11.8 Å². The van der Waals surface area contributed by atoms with Crippen LogP contribution in [0.1, 0.15) is 35.0 Å². The van der Waals surface area contributed by atoms with Crippen LogP contribution in [0.2, 0.25) is 0 Å². The van der Waals surface area contributed by atoms with Crippen molar-refractivity contribution < 1.29 is 9.90 Å². The predicted molar refractivity (Wildman–Crippen MR) is 89.4 cm³/mol. The van der Waals surface area contributed by atoms with E-state index >= 15 is 0 Å². The number of aryl methyl sites for hydroxylation is 1. The normalized spacial score (nSPS) is 18.3. The zero-order chi connectivity index (χ0) is 15.9. The van der Waals surface area contributed by atoms with Gasteiger partial charge in [-0.1, -0.05) is 13.3 Å². The summed E-state index contributed by atoms with van der Waals surface area (Å²) in [6, 6.07) is 2.03. The third kappa shape index (κ3) is 2.50. The Hall–Kier alpha value is -1.86. The van der Waals surface area contributed by atoms with Gasteiger partial charge in [-0.05, 0) is 24.5 Å². The average Bonchev–Trinajstić information content (AvgIpc) is 3.03. The number of nitrogens with zero attached hydrogens (tertiary/aromatic N) is 2. The minimum absolute atomic E-state index is 0.304. The summed E-state index contributed by atoms with van der Waals surface area (Å²) in [5.41, 5.74) is 13.0. The Morgan fingerprint density at radius 1 is 1.59 bits per heavy atom. The number of aliphatic hydroxyl groups excluding tert-OH is 1. The lowest BCUT2D eigenvalue weighted by atomic mass is 10.1. The van der Waals surface area contributed by atoms with Crippen LogP contribution in [0, 0.1) is 0 Å². The Kier molecular flexibility index (Phi) is 3.92. The van der Waals surface area contributed by atoms with E-state index in [-0.39, 0.29) is 6.10 Å². The molecular weight excluding hydrogens is 300 g/mol. The van der Waals surface area contributed by atoms with Crippen LogP contribution in [0.5, 0.6) is 0 Å². The molecular formula is C15H20N4O2S. The molecule has 0 unspecified atom stereocenters. The minimum Gasteiger partial charge on any atom is -0.397 e. The Balaban J connectivity index is 2.14. The molecule has 1 fully saturated rings. The highest BCUT2D eigenvalue weighted by molar-refractivity contribution is 7.21. The van der Waals surface area contributed by atoms with E-state index in [1.54, 1.807) is 0 Å². The maximum Gasteiger partial charge on any atom is 0.260 e. The molecule has 0 aliphatic carbocycles. The first-order chi connectivity index (χ1) is 10.5. The number of aromatic nitrogens is 1. The number of nitrogen functional groups attached to an aromatic ring is 1. The van der Waals surface area contributed by atoms with Crippen molar-refractivity contribution in [3.63, 3.8) is 0 Å². The van der Waals surface area contributed by atoms with Crippen LogP contribution in [0.15, 0.2) is 6.07 Å². The largest absolute Gasteiger partial charge is 0.397 e. The van der Waals surface area contributed by atoms with Gasteiger partial charge in [0.1, 0.15) is 15.5 Å². The lowest BCUT2D eigenvalue weighted by Crippen LogP contribution is -2.22. The van der Waals surface area contributed by atoms with Gasteiger partial charge in [0.15, 0.2) is 0 Å². The Morgan fingerprint density at radius 3 is 2.95 bits per heavy atom. The molecule has 3 heterocycles. The van der Waals surface area contributed by atoms with E-state index < -0.39 is 5.91 Å². The molecule has 1 aliphatic rings. The number of aliphatic hydroxyl groups is 1. The van der Waals surface area contributed by atoms with Crippen LogP contribution in [0.3, 0.4) is 0 Å². The number of pyridine rings is 1. The standard InChI is InChI=1S/C15H20N4O2S/c1-2-3-8-6-10(19-5-4-9(20)7-19)18-15-11(8)12(16)13(22-15)14(17)21/h6,9,20H,2-5,7,16H2,1H3,(H2,17,21)/t9-/m1/s1. The highest BCUT2D eigenvalue weighted by Crippen LogP contribution is 2.37. The van der Waals surface area contributed by atoms with Gasteiger partial charge in [-0.15, -0.1) is 11.3 Å². The highest BCUT2D eigenvalue weighted by Gasteiger charge is 2.24. The summed E-state index contributed by atoms with van der Waals surface area (Å²) in [6.07, 6.45) is 2.29. The summed E-state index contributed by atoms with van der Waals surface area (Å²) < 4.78 is 0. The fraction of sp³-hybridized carbons (Fsp3) is 0.467. The summed E-state index contributed by atoms with van der Waals surface area (Å²) in [6.45, 7) is 3.48. The Morgan fingerprint density at radius 2 is 2.36 bits per heavy atom. The summed E-state index contributed by atoms with van der Waals surface area (Å²) in [4.78, 5) is 19.4. The second-order valence-electron chi connectivity index (χ2n) is 5.67. The molecule has 2 aromatic rings. The topological polar surface area (TPSA) is 105 Å². The molecule has 6 nitrogen and oxygen atoms in total. The van der Waals surface area contributed by atoms with Crippen molar-refractivity contribution in [1.29, 1.82) is 0 Å². The number of carbonyl (C=O) groups excluding carboxylic acids is 1. The zero-order valence-corrected chi connectivity index (χ0v) is 13.3. The van der Waals surface area contributed by atoms with Crippen molar-refractivity contribution in [1.82, 2.24) is 4.98 Å². The van der Waals surface area contributed by atoms with Gasteiger partial charge >= 0.3 is 0 Å². The van der Waals surface area contributed by atoms with Crippen LogP contribution >= 0.6 is 11.3 Å². The van der Waals surface area contributed by atoms with Gasteiger partial charge in [0, 0.05) is 18.5 Å². The number of fused-ring (bicyclic) bond motifs is 1. The first-order valence-electron chi connectivity index (χ1n) is 7.46. The molecule has 1 atom stereocenters. The number of primary amides is 1. The third-order valence-electron chi connectivity index (χ3n) is 4.00. The van der Waals surface area contributed by atoms with Crippen molar-refractivity contribution >= 4 is 39.0 Å². The summed E-state index contributed by atoms with van der Waals surface area (Å²) in [5, 5.41) is 10.6. The van der Waals surface area contributed by atoms with E-state index in [1.165, 1.54) is 11.3 Å². The zero-order valence-electron chi connectivity index (χ0n) is 12.5. The van der Waals surface area contributed by atoms with Gasteiger partial charge in [-0.25, -0.2) is 4.98 Å². The van der Waals surface area contributed by atoms with E-state index in [0.717, 1.165) is 47.4 Å². The van der Waals surface area contributed by atoms with Crippen LogP contribution in [0.4, 0.5) is 11.5 Å². The second-order valence-corrected chi connectivity index (χ2v) is 6.67. The van der Waals surface area contributed by atoms with E-state index in [4.69, 9.17) is 11.5 Å². The molecule has 1 aliphatic heterocycles. The van der Waals surface area contributed by atoms with Crippen molar-refractivity contribution in [2.75, 3.05) is 23.7 Å². The summed E-state index contributed by atoms with van der Waals surface area (Å²) >= 11 is 1.25. The number of thiophene rings is 1. The molecule has 118 valence electrons. The number of anilines is 2.